The average molecular weight is 710 g/mol. The van der Waals surface area contributed by atoms with E-state index in [1.165, 1.54) is 35.4 Å². The fraction of sp³-hybridized carbons (Fsp3) is 0.220. The van der Waals surface area contributed by atoms with Crippen LogP contribution in [0, 0.1) is 18.6 Å². The number of rotatable bonds is 13. The number of aromatic nitrogens is 1. The van der Waals surface area contributed by atoms with Crippen molar-refractivity contribution in [1.29, 1.82) is 0 Å². The van der Waals surface area contributed by atoms with Gasteiger partial charge in [-0.15, -0.1) is 0 Å². The summed E-state index contributed by atoms with van der Waals surface area (Å²) >= 11 is 6.59. The highest BCUT2D eigenvalue weighted by Gasteiger charge is 2.20. The molecule has 6 rings (SSSR count). The molecule has 51 heavy (non-hydrogen) atoms. The van der Waals surface area contributed by atoms with Gasteiger partial charge in [0.1, 0.15) is 29.7 Å². The summed E-state index contributed by atoms with van der Waals surface area (Å²) in [5, 5.41) is 0.403. The summed E-state index contributed by atoms with van der Waals surface area (Å²) < 4.78 is 43.6. The van der Waals surface area contributed by atoms with Crippen LogP contribution in [-0.2, 0) is 24.4 Å². The van der Waals surface area contributed by atoms with E-state index < -0.39 is 0 Å². The Balaban J connectivity index is 0.931. The molecule has 1 aliphatic rings. The first-order valence-electron chi connectivity index (χ1n) is 16.7. The van der Waals surface area contributed by atoms with E-state index in [0.29, 0.717) is 47.8 Å². The Bertz CT molecular complexity index is 1910. The standard InChI is InChI=1S/C41H38ClF2N3O4/c1-29-24-33(25-38(42)41(29)51-39-16-15-37(26-45-39)50-28-32-6-9-34(43)10-7-32)8-17-40(48)47-21-19-46(20-22-47)27-31-4-2-30(3-5-31)18-23-49-36-13-11-35(44)12-14-36/h2-17,24-26H,18-23,27-28H2,1H3. The van der Waals surface area contributed by atoms with Gasteiger partial charge in [0, 0.05) is 51.3 Å². The van der Waals surface area contributed by atoms with Crippen molar-refractivity contribution in [3.8, 4) is 23.1 Å². The number of nitrogens with zero attached hydrogens (tertiary/aromatic N) is 3. The molecule has 4 aromatic carbocycles. The van der Waals surface area contributed by atoms with E-state index in [1.807, 2.05) is 17.9 Å². The zero-order chi connectivity index (χ0) is 35.6. The second-order valence-electron chi connectivity index (χ2n) is 12.3. The molecule has 1 aliphatic heterocycles. The van der Waals surface area contributed by atoms with E-state index in [4.69, 9.17) is 25.8 Å². The summed E-state index contributed by atoms with van der Waals surface area (Å²) in [5.41, 5.74) is 4.83. The number of carbonyl (C=O) groups excluding carboxylic acids is 1. The van der Waals surface area contributed by atoms with Crippen molar-refractivity contribution < 1.29 is 27.8 Å². The van der Waals surface area contributed by atoms with Crippen molar-refractivity contribution in [2.24, 2.45) is 0 Å². The van der Waals surface area contributed by atoms with E-state index in [1.54, 1.807) is 60.8 Å². The quantitative estimate of drug-likeness (QED) is 0.114. The molecule has 0 spiro atoms. The van der Waals surface area contributed by atoms with Gasteiger partial charge in [-0.3, -0.25) is 9.69 Å². The van der Waals surface area contributed by atoms with Crippen LogP contribution in [0.2, 0.25) is 5.02 Å². The van der Waals surface area contributed by atoms with Crippen molar-refractivity contribution in [3.63, 3.8) is 0 Å². The number of aryl methyl sites for hydroxylation is 1. The fourth-order valence-electron chi connectivity index (χ4n) is 5.63. The van der Waals surface area contributed by atoms with Crippen molar-refractivity contribution >= 4 is 23.6 Å². The molecule has 0 radical (unpaired) electrons. The van der Waals surface area contributed by atoms with Crippen LogP contribution in [0.25, 0.3) is 6.08 Å². The molecule has 1 amide bonds. The number of pyridine rings is 1. The molecule has 1 fully saturated rings. The zero-order valence-corrected chi connectivity index (χ0v) is 29.0. The second-order valence-corrected chi connectivity index (χ2v) is 12.7. The first-order valence-corrected chi connectivity index (χ1v) is 17.1. The third-order valence-electron chi connectivity index (χ3n) is 8.49. The molecule has 0 atom stereocenters. The minimum absolute atomic E-state index is 0.0399. The number of piperazine rings is 1. The van der Waals surface area contributed by atoms with Gasteiger partial charge in [-0.2, -0.15) is 0 Å². The fourth-order valence-corrected chi connectivity index (χ4v) is 5.95. The molecule has 2 heterocycles. The maximum Gasteiger partial charge on any atom is 0.246 e. The molecule has 10 heteroatoms. The second kappa shape index (κ2) is 17.1. The lowest BCUT2D eigenvalue weighted by molar-refractivity contribution is -0.127. The Hall–Kier alpha value is -5.25. The van der Waals surface area contributed by atoms with Gasteiger partial charge < -0.3 is 19.1 Å². The zero-order valence-electron chi connectivity index (χ0n) is 28.2. The third kappa shape index (κ3) is 10.4. The minimum atomic E-state index is -0.292. The van der Waals surface area contributed by atoms with Crippen molar-refractivity contribution in [1.82, 2.24) is 14.8 Å². The number of amides is 1. The van der Waals surface area contributed by atoms with E-state index in [0.717, 1.165) is 42.7 Å². The molecular formula is C41H38ClF2N3O4. The van der Waals surface area contributed by atoms with Crippen LogP contribution in [0.4, 0.5) is 8.78 Å². The molecule has 0 saturated carbocycles. The third-order valence-corrected chi connectivity index (χ3v) is 8.77. The maximum atomic E-state index is 13.1. The largest absolute Gasteiger partial charge is 0.493 e. The van der Waals surface area contributed by atoms with E-state index in [9.17, 15) is 13.6 Å². The summed E-state index contributed by atoms with van der Waals surface area (Å²) in [5.74, 6) is 1.44. The highest BCUT2D eigenvalue weighted by atomic mass is 35.5. The molecule has 0 N–H and O–H groups in total. The van der Waals surface area contributed by atoms with Gasteiger partial charge in [0.2, 0.25) is 11.8 Å². The predicted molar refractivity (Wildman–Crippen MR) is 194 cm³/mol. The van der Waals surface area contributed by atoms with Crippen LogP contribution in [0.15, 0.2) is 109 Å². The number of hydrogen-bond donors (Lipinski definition) is 0. The van der Waals surface area contributed by atoms with Crippen LogP contribution >= 0.6 is 11.6 Å². The molecule has 5 aromatic rings. The molecule has 262 valence electrons. The van der Waals surface area contributed by atoms with Crippen LogP contribution in [0.5, 0.6) is 23.1 Å². The van der Waals surface area contributed by atoms with E-state index in [-0.39, 0.29) is 24.1 Å². The monoisotopic (exact) mass is 709 g/mol. The lowest BCUT2D eigenvalue weighted by Crippen LogP contribution is -2.47. The normalized spacial score (nSPS) is 13.4. The van der Waals surface area contributed by atoms with Gasteiger partial charge in [-0.25, -0.2) is 13.8 Å². The first kappa shape index (κ1) is 35.6. The Morgan fingerprint density at radius 3 is 2.12 bits per heavy atom. The first-order chi connectivity index (χ1) is 24.8. The molecule has 0 unspecified atom stereocenters. The van der Waals surface area contributed by atoms with E-state index >= 15 is 0 Å². The molecule has 0 aliphatic carbocycles. The van der Waals surface area contributed by atoms with Crippen molar-refractivity contribution in [2.45, 2.75) is 26.5 Å². The topological polar surface area (TPSA) is 64.1 Å². The molecule has 7 nitrogen and oxygen atoms in total. The SMILES string of the molecule is Cc1cc(C=CC(=O)N2CCN(Cc3ccc(CCOc4ccc(F)cc4)cc3)CC2)cc(Cl)c1Oc1ccc(OCc2ccc(F)cc2)cn1. The van der Waals surface area contributed by atoms with Gasteiger partial charge in [0.25, 0.3) is 0 Å². The van der Waals surface area contributed by atoms with Crippen molar-refractivity contribution in [2.75, 3.05) is 32.8 Å². The number of benzene rings is 4. The van der Waals surface area contributed by atoms with Crippen LogP contribution in [0.1, 0.15) is 27.8 Å². The van der Waals surface area contributed by atoms with Crippen LogP contribution < -0.4 is 14.2 Å². The summed E-state index contributed by atoms with van der Waals surface area (Å²) in [6.45, 7) is 6.40. The number of ether oxygens (including phenoxy) is 3. The Kier molecular flexibility index (Phi) is 11.9. The highest BCUT2D eigenvalue weighted by molar-refractivity contribution is 6.32. The smallest absolute Gasteiger partial charge is 0.246 e. The minimum Gasteiger partial charge on any atom is -0.493 e. The Labute approximate surface area is 301 Å². The summed E-state index contributed by atoms with van der Waals surface area (Å²) in [7, 11) is 0. The van der Waals surface area contributed by atoms with Crippen LogP contribution in [-0.4, -0.2) is 53.5 Å². The summed E-state index contributed by atoms with van der Waals surface area (Å²) in [6.07, 6.45) is 5.68. The molecule has 1 saturated heterocycles. The predicted octanol–water partition coefficient (Wildman–Crippen LogP) is 8.67. The molecular weight excluding hydrogens is 672 g/mol. The van der Waals surface area contributed by atoms with Gasteiger partial charge in [-0.05, 0) is 95.4 Å². The number of carbonyl (C=O) groups is 1. The Morgan fingerprint density at radius 1 is 0.804 bits per heavy atom. The summed E-state index contributed by atoms with van der Waals surface area (Å²) in [6, 6.07) is 27.8. The van der Waals surface area contributed by atoms with Crippen LogP contribution in [0.3, 0.4) is 0 Å². The number of halogens is 3. The average Bonchev–Trinajstić information content (AvgIpc) is 3.14. The lowest BCUT2D eigenvalue weighted by atomic mass is 10.1. The molecule has 1 aromatic heterocycles. The molecule has 0 bridgehead atoms. The van der Waals surface area contributed by atoms with Gasteiger partial charge >= 0.3 is 0 Å². The van der Waals surface area contributed by atoms with E-state index in [2.05, 4.69) is 34.1 Å². The highest BCUT2D eigenvalue weighted by Crippen LogP contribution is 2.34. The van der Waals surface area contributed by atoms with Gasteiger partial charge in [-0.1, -0.05) is 48.0 Å². The Morgan fingerprint density at radius 2 is 1.45 bits per heavy atom. The van der Waals surface area contributed by atoms with Gasteiger partial charge in [0.15, 0.2) is 5.75 Å². The van der Waals surface area contributed by atoms with Crippen molar-refractivity contribution in [3.05, 3.63) is 154 Å². The summed E-state index contributed by atoms with van der Waals surface area (Å²) in [4.78, 5) is 21.6. The maximum absolute atomic E-state index is 13.1. The van der Waals surface area contributed by atoms with Gasteiger partial charge in [0.05, 0.1) is 17.8 Å². The number of hydrogen-bond acceptors (Lipinski definition) is 6. The lowest BCUT2D eigenvalue weighted by Gasteiger charge is -2.34.